The predicted molar refractivity (Wildman–Crippen MR) is 68.7 cm³/mol. The van der Waals surface area contributed by atoms with Gasteiger partial charge in [0.25, 0.3) is 0 Å². The largest absolute Gasteiger partial charge is 0.379 e. The minimum absolute atomic E-state index is 0.775. The molecule has 1 aliphatic rings. The second-order valence-electron chi connectivity index (χ2n) is 4.65. The van der Waals surface area contributed by atoms with Crippen LogP contribution in [-0.2, 0) is 4.74 Å². The first kappa shape index (κ1) is 13.3. The van der Waals surface area contributed by atoms with Crippen LogP contribution in [0.1, 0.15) is 32.6 Å². The van der Waals surface area contributed by atoms with E-state index in [0.29, 0.717) is 0 Å². The summed E-state index contributed by atoms with van der Waals surface area (Å²) in [5.41, 5.74) is 0. The normalized spacial score (nSPS) is 27.2. The first-order valence-electron chi connectivity index (χ1n) is 6.14. The van der Waals surface area contributed by atoms with Gasteiger partial charge in [-0.2, -0.15) is 12.6 Å². The Hall–Kier alpha value is 0.270. The molecule has 0 spiro atoms. The molecule has 0 saturated heterocycles. The molecule has 0 amide bonds. The molecule has 2 nitrogen and oxygen atoms in total. The number of rotatable bonds is 6. The van der Waals surface area contributed by atoms with Crippen LogP contribution in [0.5, 0.6) is 0 Å². The van der Waals surface area contributed by atoms with E-state index in [0.717, 1.165) is 37.5 Å². The van der Waals surface area contributed by atoms with Crippen LogP contribution in [-0.4, -0.2) is 43.5 Å². The van der Waals surface area contributed by atoms with E-state index in [-0.39, 0.29) is 0 Å². The Kier molecular flexibility index (Phi) is 6.69. The van der Waals surface area contributed by atoms with Crippen LogP contribution >= 0.6 is 12.6 Å². The molecular formula is C12H25NOS. The van der Waals surface area contributed by atoms with E-state index >= 15 is 0 Å². The van der Waals surface area contributed by atoms with Crippen LogP contribution in [0.15, 0.2) is 0 Å². The SMILES string of the molecule is CC1CCCCC1N(C)CCOCCS. The van der Waals surface area contributed by atoms with E-state index in [4.69, 9.17) is 4.74 Å². The van der Waals surface area contributed by atoms with Crippen LogP contribution in [0.2, 0.25) is 0 Å². The zero-order valence-corrected chi connectivity index (χ0v) is 11.0. The Morgan fingerprint density at radius 2 is 2.00 bits per heavy atom. The molecule has 0 heterocycles. The Labute approximate surface area is 99.8 Å². The van der Waals surface area contributed by atoms with Gasteiger partial charge in [0.1, 0.15) is 0 Å². The second kappa shape index (κ2) is 7.53. The molecule has 2 unspecified atom stereocenters. The number of hydrogen-bond donors (Lipinski definition) is 1. The zero-order valence-electron chi connectivity index (χ0n) is 10.1. The lowest BCUT2D eigenvalue weighted by molar-refractivity contribution is 0.0811. The summed E-state index contributed by atoms with van der Waals surface area (Å²) in [6.07, 6.45) is 5.58. The van der Waals surface area contributed by atoms with E-state index in [1.165, 1.54) is 25.7 Å². The minimum atomic E-state index is 0.775. The highest BCUT2D eigenvalue weighted by molar-refractivity contribution is 7.80. The maximum Gasteiger partial charge on any atom is 0.0593 e. The van der Waals surface area contributed by atoms with Gasteiger partial charge in [-0.3, -0.25) is 0 Å². The highest BCUT2D eigenvalue weighted by Gasteiger charge is 2.24. The highest BCUT2D eigenvalue weighted by Crippen LogP contribution is 2.26. The summed E-state index contributed by atoms with van der Waals surface area (Å²) in [6.45, 7) is 5.06. The van der Waals surface area contributed by atoms with E-state index in [1.807, 2.05) is 0 Å². The zero-order chi connectivity index (χ0) is 11.1. The van der Waals surface area contributed by atoms with Crippen molar-refractivity contribution in [3.8, 4) is 0 Å². The molecule has 1 rings (SSSR count). The fraction of sp³-hybridized carbons (Fsp3) is 1.00. The fourth-order valence-electron chi connectivity index (χ4n) is 2.49. The van der Waals surface area contributed by atoms with Crippen LogP contribution in [0.3, 0.4) is 0 Å². The Morgan fingerprint density at radius 1 is 1.27 bits per heavy atom. The summed E-state index contributed by atoms with van der Waals surface area (Å²) >= 11 is 4.12. The molecule has 1 saturated carbocycles. The summed E-state index contributed by atoms with van der Waals surface area (Å²) in [5, 5.41) is 0. The molecule has 0 bridgehead atoms. The third kappa shape index (κ3) is 4.75. The lowest BCUT2D eigenvalue weighted by Crippen LogP contribution is -2.40. The van der Waals surface area contributed by atoms with Gasteiger partial charge in [0.15, 0.2) is 0 Å². The van der Waals surface area contributed by atoms with Crippen LogP contribution in [0.4, 0.5) is 0 Å². The molecular weight excluding hydrogens is 206 g/mol. The van der Waals surface area contributed by atoms with Gasteiger partial charge in [-0.1, -0.05) is 19.8 Å². The predicted octanol–water partition coefficient (Wildman–Crippen LogP) is 2.44. The van der Waals surface area contributed by atoms with Crippen molar-refractivity contribution in [3.63, 3.8) is 0 Å². The van der Waals surface area contributed by atoms with Crippen molar-refractivity contribution in [1.29, 1.82) is 0 Å². The Bertz CT molecular complexity index is 166. The lowest BCUT2D eigenvalue weighted by atomic mass is 9.85. The molecule has 2 atom stereocenters. The molecule has 0 aromatic carbocycles. The Balaban J connectivity index is 2.16. The fourth-order valence-corrected chi connectivity index (χ4v) is 2.62. The first-order valence-corrected chi connectivity index (χ1v) is 6.77. The van der Waals surface area contributed by atoms with E-state index in [1.54, 1.807) is 0 Å². The number of ether oxygens (including phenoxy) is 1. The van der Waals surface area contributed by atoms with Gasteiger partial charge in [-0.15, -0.1) is 0 Å². The van der Waals surface area contributed by atoms with Crippen molar-refractivity contribution >= 4 is 12.6 Å². The maximum absolute atomic E-state index is 5.46. The molecule has 0 aliphatic heterocycles. The average molecular weight is 231 g/mol. The summed E-state index contributed by atoms with van der Waals surface area (Å²) in [6, 6.07) is 0.776. The quantitative estimate of drug-likeness (QED) is 0.557. The van der Waals surface area contributed by atoms with Gasteiger partial charge in [0.05, 0.1) is 13.2 Å². The summed E-state index contributed by atoms with van der Waals surface area (Å²) in [4.78, 5) is 2.47. The van der Waals surface area contributed by atoms with Gasteiger partial charge in [0, 0.05) is 18.3 Å². The smallest absolute Gasteiger partial charge is 0.0593 e. The third-order valence-electron chi connectivity index (χ3n) is 3.46. The number of thiol groups is 1. The maximum atomic E-state index is 5.46. The van der Waals surface area contributed by atoms with E-state index in [2.05, 4.69) is 31.5 Å². The van der Waals surface area contributed by atoms with Crippen LogP contribution in [0.25, 0.3) is 0 Å². The molecule has 0 N–H and O–H groups in total. The molecule has 3 heteroatoms. The molecule has 1 aliphatic carbocycles. The summed E-state index contributed by atoms with van der Waals surface area (Å²) in [5.74, 6) is 1.68. The van der Waals surface area contributed by atoms with Gasteiger partial charge in [0.2, 0.25) is 0 Å². The molecule has 0 radical (unpaired) electrons. The van der Waals surface area contributed by atoms with Crippen LogP contribution in [0, 0.1) is 5.92 Å². The second-order valence-corrected chi connectivity index (χ2v) is 5.09. The van der Waals surface area contributed by atoms with Gasteiger partial charge >= 0.3 is 0 Å². The van der Waals surface area contributed by atoms with Crippen molar-refractivity contribution in [3.05, 3.63) is 0 Å². The average Bonchev–Trinajstić information content (AvgIpc) is 2.25. The third-order valence-corrected chi connectivity index (χ3v) is 3.64. The molecule has 90 valence electrons. The van der Waals surface area contributed by atoms with Crippen molar-refractivity contribution in [1.82, 2.24) is 4.90 Å². The first-order chi connectivity index (χ1) is 7.25. The lowest BCUT2D eigenvalue weighted by Gasteiger charge is -2.36. The summed E-state index contributed by atoms with van der Waals surface area (Å²) in [7, 11) is 2.23. The number of hydrogen-bond acceptors (Lipinski definition) is 3. The van der Waals surface area contributed by atoms with Gasteiger partial charge < -0.3 is 9.64 Å². The standard InChI is InChI=1S/C12H25NOS/c1-11-5-3-4-6-12(11)13(2)7-8-14-9-10-15/h11-12,15H,3-10H2,1-2H3. The molecule has 15 heavy (non-hydrogen) atoms. The van der Waals surface area contributed by atoms with Crippen molar-refractivity contribution in [2.24, 2.45) is 5.92 Å². The molecule has 0 aromatic heterocycles. The van der Waals surface area contributed by atoms with E-state index < -0.39 is 0 Å². The van der Waals surface area contributed by atoms with Crippen LogP contribution < -0.4 is 0 Å². The Morgan fingerprint density at radius 3 is 2.67 bits per heavy atom. The highest BCUT2D eigenvalue weighted by atomic mass is 32.1. The topological polar surface area (TPSA) is 12.5 Å². The van der Waals surface area contributed by atoms with Gasteiger partial charge in [-0.05, 0) is 25.8 Å². The van der Waals surface area contributed by atoms with E-state index in [9.17, 15) is 0 Å². The van der Waals surface area contributed by atoms with Crippen molar-refractivity contribution < 1.29 is 4.74 Å². The monoisotopic (exact) mass is 231 g/mol. The number of nitrogens with zero attached hydrogens (tertiary/aromatic N) is 1. The van der Waals surface area contributed by atoms with Gasteiger partial charge in [-0.25, -0.2) is 0 Å². The minimum Gasteiger partial charge on any atom is -0.379 e. The molecule has 0 aromatic rings. The van der Waals surface area contributed by atoms with Crippen molar-refractivity contribution in [2.45, 2.75) is 38.6 Å². The number of likely N-dealkylation sites (N-methyl/N-ethyl adjacent to an activating group) is 1. The van der Waals surface area contributed by atoms with Crippen molar-refractivity contribution in [2.75, 3.05) is 32.6 Å². The summed E-state index contributed by atoms with van der Waals surface area (Å²) < 4.78 is 5.46. The molecule has 1 fully saturated rings.